The van der Waals surface area contributed by atoms with E-state index in [4.69, 9.17) is 4.74 Å². The minimum atomic E-state index is 0.459. The first-order chi connectivity index (χ1) is 8.36. The van der Waals surface area contributed by atoms with Gasteiger partial charge in [-0.1, -0.05) is 32.6 Å². The van der Waals surface area contributed by atoms with Crippen LogP contribution in [0.3, 0.4) is 0 Å². The molecule has 2 heteroatoms. The van der Waals surface area contributed by atoms with Crippen molar-refractivity contribution in [3.8, 4) is 0 Å². The summed E-state index contributed by atoms with van der Waals surface area (Å²) in [7, 11) is 1.92. The number of hydrogen-bond acceptors (Lipinski definition) is 2. The number of rotatable bonds is 6. The highest BCUT2D eigenvalue weighted by Crippen LogP contribution is 2.36. The molecule has 0 aliphatic heterocycles. The van der Waals surface area contributed by atoms with Crippen LogP contribution in [0, 0.1) is 11.8 Å². The average Bonchev–Trinajstić information content (AvgIpc) is 3.02. The quantitative estimate of drug-likeness (QED) is 0.767. The van der Waals surface area contributed by atoms with Crippen LogP contribution in [-0.2, 0) is 4.74 Å². The first-order valence-corrected chi connectivity index (χ1v) is 7.63. The van der Waals surface area contributed by atoms with E-state index in [1.54, 1.807) is 0 Å². The van der Waals surface area contributed by atoms with E-state index in [0.29, 0.717) is 12.1 Å². The van der Waals surface area contributed by atoms with E-state index >= 15 is 0 Å². The highest BCUT2D eigenvalue weighted by molar-refractivity contribution is 4.91. The summed E-state index contributed by atoms with van der Waals surface area (Å²) in [5.41, 5.74) is 0. The van der Waals surface area contributed by atoms with Crippen molar-refractivity contribution in [2.24, 2.45) is 11.8 Å². The van der Waals surface area contributed by atoms with E-state index in [-0.39, 0.29) is 0 Å². The monoisotopic (exact) mass is 239 g/mol. The zero-order valence-electron chi connectivity index (χ0n) is 11.6. The molecule has 2 fully saturated rings. The summed E-state index contributed by atoms with van der Waals surface area (Å²) < 4.78 is 5.90. The van der Waals surface area contributed by atoms with Gasteiger partial charge in [0.1, 0.15) is 0 Å². The van der Waals surface area contributed by atoms with Gasteiger partial charge in [0, 0.05) is 13.2 Å². The van der Waals surface area contributed by atoms with Gasteiger partial charge in [-0.3, -0.25) is 0 Å². The molecule has 2 atom stereocenters. The molecule has 0 radical (unpaired) electrons. The van der Waals surface area contributed by atoms with Crippen LogP contribution < -0.4 is 5.32 Å². The maximum absolute atomic E-state index is 5.90. The molecule has 2 unspecified atom stereocenters. The molecular weight excluding hydrogens is 210 g/mol. The Morgan fingerprint density at radius 2 is 1.53 bits per heavy atom. The first-order valence-electron chi connectivity index (χ1n) is 7.63. The summed E-state index contributed by atoms with van der Waals surface area (Å²) in [6, 6.07) is 0.607. The van der Waals surface area contributed by atoms with Crippen LogP contribution in [0.1, 0.15) is 58.3 Å². The van der Waals surface area contributed by atoms with Gasteiger partial charge in [0.05, 0.1) is 6.10 Å². The minimum Gasteiger partial charge on any atom is -0.380 e. The molecule has 0 spiro atoms. The third kappa shape index (κ3) is 3.23. The Morgan fingerprint density at radius 3 is 2.00 bits per heavy atom. The lowest BCUT2D eigenvalue weighted by Crippen LogP contribution is -2.48. The Labute approximate surface area is 107 Å². The molecule has 2 aliphatic rings. The van der Waals surface area contributed by atoms with Crippen molar-refractivity contribution in [1.82, 2.24) is 5.32 Å². The van der Waals surface area contributed by atoms with Gasteiger partial charge >= 0.3 is 0 Å². The Morgan fingerprint density at radius 1 is 1.00 bits per heavy atom. The summed E-state index contributed by atoms with van der Waals surface area (Å²) in [5.74, 6) is 1.67. The molecule has 100 valence electrons. The molecule has 2 nitrogen and oxygen atoms in total. The second-order valence-corrected chi connectivity index (χ2v) is 5.87. The molecule has 1 N–H and O–H groups in total. The van der Waals surface area contributed by atoms with Crippen LogP contribution in [-0.4, -0.2) is 25.8 Å². The molecule has 2 saturated carbocycles. The molecule has 0 saturated heterocycles. The average molecular weight is 239 g/mol. The maximum Gasteiger partial charge on any atom is 0.0755 e. The fourth-order valence-corrected chi connectivity index (χ4v) is 4.02. The van der Waals surface area contributed by atoms with Gasteiger partial charge in [-0.05, 0) is 44.1 Å². The Hall–Kier alpha value is -0.0800. The third-order valence-corrected chi connectivity index (χ3v) is 4.84. The second-order valence-electron chi connectivity index (χ2n) is 5.87. The van der Waals surface area contributed by atoms with Crippen molar-refractivity contribution < 1.29 is 4.74 Å². The summed E-state index contributed by atoms with van der Waals surface area (Å²) in [6.07, 6.45) is 11.7. The highest BCUT2D eigenvalue weighted by atomic mass is 16.5. The van der Waals surface area contributed by atoms with Crippen LogP contribution in [0.2, 0.25) is 0 Å². The Balaban J connectivity index is 1.99. The Kier molecular flexibility index (Phi) is 5.30. The van der Waals surface area contributed by atoms with E-state index in [0.717, 1.165) is 18.4 Å². The molecule has 0 aromatic carbocycles. The van der Waals surface area contributed by atoms with Gasteiger partial charge in [-0.15, -0.1) is 0 Å². The lowest BCUT2D eigenvalue weighted by atomic mass is 9.85. The lowest BCUT2D eigenvalue weighted by Gasteiger charge is -2.35. The fraction of sp³-hybridized carbons (Fsp3) is 1.00. The zero-order chi connectivity index (χ0) is 12.1. The van der Waals surface area contributed by atoms with Gasteiger partial charge in [-0.2, -0.15) is 0 Å². The van der Waals surface area contributed by atoms with Crippen molar-refractivity contribution in [1.29, 1.82) is 0 Å². The van der Waals surface area contributed by atoms with Gasteiger partial charge in [-0.25, -0.2) is 0 Å². The van der Waals surface area contributed by atoms with Gasteiger partial charge in [0.25, 0.3) is 0 Å². The summed E-state index contributed by atoms with van der Waals surface area (Å²) in [4.78, 5) is 0. The molecule has 17 heavy (non-hydrogen) atoms. The van der Waals surface area contributed by atoms with Gasteiger partial charge in [0.2, 0.25) is 0 Å². The number of methoxy groups -OCH3 is 1. The van der Waals surface area contributed by atoms with Crippen molar-refractivity contribution >= 4 is 0 Å². The molecule has 0 bridgehead atoms. The van der Waals surface area contributed by atoms with Crippen LogP contribution in [0.5, 0.6) is 0 Å². The molecular formula is C15H29NO. The van der Waals surface area contributed by atoms with Crippen molar-refractivity contribution in [3.05, 3.63) is 0 Å². The SMILES string of the molecule is CCNC(C1CCCC1)C(OC)C1CCCC1. The Bertz CT molecular complexity index is 207. The second kappa shape index (κ2) is 6.75. The normalized spacial score (nSPS) is 26.5. The molecule has 0 aromatic rings. The molecule has 2 aliphatic carbocycles. The van der Waals surface area contributed by atoms with E-state index < -0.39 is 0 Å². The standard InChI is InChI=1S/C15H29NO/c1-3-16-14(12-8-4-5-9-12)15(17-2)13-10-6-7-11-13/h12-16H,3-11H2,1-2H3. The number of likely N-dealkylation sites (N-methyl/N-ethyl adjacent to an activating group) is 1. The summed E-state index contributed by atoms with van der Waals surface area (Å²) in [5, 5.41) is 3.73. The number of ether oxygens (including phenoxy) is 1. The van der Waals surface area contributed by atoms with Crippen LogP contribution >= 0.6 is 0 Å². The van der Waals surface area contributed by atoms with Crippen LogP contribution in [0.4, 0.5) is 0 Å². The largest absolute Gasteiger partial charge is 0.380 e. The van der Waals surface area contributed by atoms with Crippen molar-refractivity contribution in [3.63, 3.8) is 0 Å². The smallest absolute Gasteiger partial charge is 0.0755 e. The molecule has 0 amide bonds. The van der Waals surface area contributed by atoms with Crippen molar-refractivity contribution in [2.45, 2.75) is 70.4 Å². The van der Waals surface area contributed by atoms with E-state index in [1.807, 2.05) is 7.11 Å². The maximum atomic E-state index is 5.90. The van der Waals surface area contributed by atoms with Gasteiger partial charge < -0.3 is 10.1 Å². The minimum absolute atomic E-state index is 0.459. The van der Waals surface area contributed by atoms with Gasteiger partial charge in [0.15, 0.2) is 0 Å². The third-order valence-electron chi connectivity index (χ3n) is 4.84. The number of hydrogen-bond donors (Lipinski definition) is 1. The molecule has 2 rings (SSSR count). The van der Waals surface area contributed by atoms with Crippen LogP contribution in [0.25, 0.3) is 0 Å². The van der Waals surface area contributed by atoms with Crippen molar-refractivity contribution in [2.75, 3.05) is 13.7 Å². The first kappa shape index (κ1) is 13.4. The topological polar surface area (TPSA) is 21.3 Å². The number of nitrogens with one attached hydrogen (secondary N) is 1. The van der Waals surface area contributed by atoms with Crippen LogP contribution in [0.15, 0.2) is 0 Å². The molecule has 0 aromatic heterocycles. The predicted octanol–water partition coefficient (Wildman–Crippen LogP) is 3.36. The summed E-state index contributed by atoms with van der Waals surface area (Å²) in [6.45, 7) is 3.30. The summed E-state index contributed by atoms with van der Waals surface area (Å²) >= 11 is 0. The fourth-order valence-electron chi connectivity index (χ4n) is 4.02. The van der Waals surface area contributed by atoms with E-state index in [9.17, 15) is 0 Å². The van der Waals surface area contributed by atoms with E-state index in [2.05, 4.69) is 12.2 Å². The van der Waals surface area contributed by atoms with E-state index in [1.165, 1.54) is 51.4 Å². The highest BCUT2D eigenvalue weighted by Gasteiger charge is 2.36. The zero-order valence-corrected chi connectivity index (χ0v) is 11.6. The predicted molar refractivity (Wildman–Crippen MR) is 72.2 cm³/mol. The molecule has 0 heterocycles. The lowest BCUT2D eigenvalue weighted by molar-refractivity contribution is 0.00701.